The predicted molar refractivity (Wildman–Crippen MR) is 66.0 cm³/mol. The van der Waals surface area contributed by atoms with Crippen molar-refractivity contribution in [3.8, 4) is 0 Å². The molecule has 1 aromatic rings. The highest BCUT2D eigenvalue weighted by Crippen LogP contribution is 2.37. The molecular formula is C15H22. The first-order valence-corrected chi connectivity index (χ1v) is 6.46. The Morgan fingerprint density at radius 3 is 2.33 bits per heavy atom. The molecule has 15 heavy (non-hydrogen) atoms. The minimum Gasteiger partial charge on any atom is -0.0648 e. The molecular weight excluding hydrogens is 180 g/mol. The van der Waals surface area contributed by atoms with Crippen LogP contribution in [-0.2, 0) is 0 Å². The second-order valence-electron chi connectivity index (χ2n) is 4.82. The fourth-order valence-corrected chi connectivity index (χ4v) is 3.08. The number of benzene rings is 1. The van der Waals surface area contributed by atoms with Gasteiger partial charge in [-0.25, -0.2) is 0 Å². The number of hydrogen-bond acceptors (Lipinski definition) is 0. The maximum atomic E-state index is 2.34. The van der Waals surface area contributed by atoms with Gasteiger partial charge in [-0.3, -0.25) is 0 Å². The highest BCUT2D eigenvalue weighted by Gasteiger charge is 2.23. The highest BCUT2D eigenvalue weighted by atomic mass is 14.3. The molecule has 1 atom stereocenters. The molecule has 0 amide bonds. The molecule has 1 aliphatic rings. The van der Waals surface area contributed by atoms with Gasteiger partial charge in [-0.15, -0.1) is 0 Å². The second-order valence-corrected chi connectivity index (χ2v) is 4.82. The molecule has 1 aromatic carbocycles. The average molecular weight is 202 g/mol. The highest BCUT2D eigenvalue weighted by molar-refractivity contribution is 5.20. The summed E-state index contributed by atoms with van der Waals surface area (Å²) in [5, 5.41) is 0. The van der Waals surface area contributed by atoms with E-state index in [0.717, 1.165) is 11.8 Å². The fraction of sp³-hybridized carbons (Fsp3) is 0.600. The van der Waals surface area contributed by atoms with Crippen molar-refractivity contribution < 1.29 is 0 Å². The van der Waals surface area contributed by atoms with Gasteiger partial charge in [0, 0.05) is 0 Å². The normalized spacial score (nSPS) is 20.1. The Morgan fingerprint density at radius 2 is 1.73 bits per heavy atom. The Bertz CT molecular complexity index is 269. The maximum Gasteiger partial charge on any atom is -0.0136 e. The van der Waals surface area contributed by atoms with Crippen molar-refractivity contribution in [1.82, 2.24) is 0 Å². The molecule has 82 valence electrons. The number of rotatable bonds is 3. The average Bonchev–Trinajstić information content (AvgIpc) is 2.33. The monoisotopic (exact) mass is 202 g/mol. The molecule has 0 heteroatoms. The van der Waals surface area contributed by atoms with Crippen molar-refractivity contribution in [2.24, 2.45) is 5.92 Å². The molecule has 1 aliphatic carbocycles. The quantitative estimate of drug-likeness (QED) is 0.663. The van der Waals surface area contributed by atoms with E-state index in [1.54, 1.807) is 5.56 Å². The van der Waals surface area contributed by atoms with Crippen LogP contribution in [0, 0.1) is 5.92 Å². The Kier molecular flexibility index (Phi) is 3.82. The van der Waals surface area contributed by atoms with Gasteiger partial charge in [0.15, 0.2) is 0 Å². The van der Waals surface area contributed by atoms with Crippen molar-refractivity contribution in [3.05, 3.63) is 35.9 Å². The van der Waals surface area contributed by atoms with E-state index in [0.29, 0.717) is 0 Å². The maximum absolute atomic E-state index is 2.34. The summed E-state index contributed by atoms with van der Waals surface area (Å²) in [5.74, 6) is 1.76. The van der Waals surface area contributed by atoms with E-state index >= 15 is 0 Å². The Balaban J connectivity index is 2.09. The number of hydrogen-bond donors (Lipinski definition) is 0. The van der Waals surface area contributed by atoms with E-state index in [4.69, 9.17) is 0 Å². The molecule has 0 bridgehead atoms. The first kappa shape index (κ1) is 10.7. The lowest BCUT2D eigenvalue weighted by molar-refractivity contribution is 0.299. The van der Waals surface area contributed by atoms with Crippen molar-refractivity contribution in [2.75, 3.05) is 0 Å². The van der Waals surface area contributed by atoms with Crippen LogP contribution in [0.15, 0.2) is 30.3 Å². The molecule has 0 spiro atoms. The van der Waals surface area contributed by atoms with E-state index in [9.17, 15) is 0 Å². The molecule has 0 nitrogen and oxygen atoms in total. The van der Waals surface area contributed by atoms with Crippen LogP contribution in [0.3, 0.4) is 0 Å². The van der Waals surface area contributed by atoms with Crippen molar-refractivity contribution in [3.63, 3.8) is 0 Å². The van der Waals surface area contributed by atoms with Gasteiger partial charge in [-0.1, -0.05) is 56.5 Å². The van der Waals surface area contributed by atoms with Gasteiger partial charge in [-0.05, 0) is 36.7 Å². The molecule has 1 saturated carbocycles. The van der Waals surface area contributed by atoms with Gasteiger partial charge in [-0.2, -0.15) is 0 Å². The van der Waals surface area contributed by atoms with Gasteiger partial charge in [0.25, 0.3) is 0 Å². The molecule has 0 saturated heterocycles. The largest absolute Gasteiger partial charge is 0.0648 e. The third kappa shape index (κ3) is 2.62. The summed E-state index contributed by atoms with van der Waals surface area (Å²) in [7, 11) is 0. The SMILES string of the molecule is CCC(c1ccccc1)C1CCCCC1. The summed E-state index contributed by atoms with van der Waals surface area (Å²) in [4.78, 5) is 0. The molecule has 0 N–H and O–H groups in total. The van der Waals surface area contributed by atoms with Crippen LogP contribution in [0.1, 0.15) is 56.9 Å². The zero-order valence-corrected chi connectivity index (χ0v) is 9.78. The summed E-state index contributed by atoms with van der Waals surface area (Å²) in [6.45, 7) is 2.34. The summed E-state index contributed by atoms with van der Waals surface area (Å²) >= 11 is 0. The molecule has 0 radical (unpaired) electrons. The van der Waals surface area contributed by atoms with Crippen LogP contribution in [-0.4, -0.2) is 0 Å². The summed E-state index contributed by atoms with van der Waals surface area (Å²) in [6.07, 6.45) is 8.57. The Hall–Kier alpha value is -0.780. The zero-order valence-electron chi connectivity index (χ0n) is 9.78. The lowest BCUT2D eigenvalue weighted by atomic mass is 9.76. The Labute approximate surface area is 93.7 Å². The minimum atomic E-state index is 0.812. The molecule has 1 fully saturated rings. The molecule has 2 rings (SSSR count). The zero-order chi connectivity index (χ0) is 10.5. The second kappa shape index (κ2) is 5.34. The van der Waals surface area contributed by atoms with Crippen molar-refractivity contribution in [2.45, 2.75) is 51.4 Å². The minimum absolute atomic E-state index is 0.812. The Morgan fingerprint density at radius 1 is 1.07 bits per heavy atom. The van der Waals surface area contributed by atoms with Crippen LogP contribution < -0.4 is 0 Å². The van der Waals surface area contributed by atoms with Gasteiger partial charge in [0.1, 0.15) is 0 Å². The van der Waals surface area contributed by atoms with Crippen LogP contribution in [0.25, 0.3) is 0 Å². The molecule has 1 unspecified atom stereocenters. The summed E-state index contributed by atoms with van der Waals surface area (Å²) in [6, 6.07) is 11.1. The van der Waals surface area contributed by atoms with Gasteiger partial charge >= 0.3 is 0 Å². The van der Waals surface area contributed by atoms with Gasteiger partial charge < -0.3 is 0 Å². The van der Waals surface area contributed by atoms with Crippen LogP contribution in [0.2, 0.25) is 0 Å². The van der Waals surface area contributed by atoms with E-state index in [-0.39, 0.29) is 0 Å². The third-order valence-electron chi connectivity index (χ3n) is 3.89. The molecule has 0 heterocycles. The molecule has 0 aliphatic heterocycles. The van der Waals surface area contributed by atoms with Gasteiger partial charge in [0.05, 0.1) is 0 Å². The molecule has 0 aromatic heterocycles. The van der Waals surface area contributed by atoms with Crippen LogP contribution in [0.4, 0.5) is 0 Å². The summed E-state index contributed by atoms with van der Waals surface area (Å²) in [5.41, 5.74) is 1.56. The van der Waals surface area contributed by atoms with Gasteiger partial charge in [0.2, 0.25) is 0 Å². The van der Waals surface area contributed by atoms with Crippen LogP contribution >= 0.6 is 0 Å². The van der Waals surface area contributed by atoms with Crippen molar-refractivity contribution >= 4 is 0 Å². The topological polar surface area (TPSA) is 0 Å². The van der Waals surface area contributed by atoms with Crippen LogP contribution in [0.5, 0.6) is 0 Å². The smallest absolute Gasteiger partial charge is 0.0136 e. The van der Waals surface area contributed by atoms with E-state index < -0.39 is 0 Å². The van der Waals surface area contributed by atoms with E-state index in [1.165, 1.54) is 38.5 Å². The standard InChI is InChI=1S/C15H22/c1-2-15(13-9-5-3-6-10-13)14-11-7-4-8-12-14/h3,5-6,9-10,14-15H,2,4,7-8,11-12H2,1H3. The lowest BCUT2D eigenvalue weighted by Gasteiger charge is -2.29. The lowest BCUT2D eigenvalue weighted by Crippen LogP contribution is -2.15. The first-order valence-electron chi connectivity index (χ1n) is 6.46. The van der Waals surface area contributed by atoms with E-state index in [2.05, 4.69) is 37.3 Å². The third-order valence-corrected chi connectivity index (χ3v) is 3.89. The fourth-order valence-electron chi connectivity index (χ4n) is 3.08. The predicted octanol–water partition coefficient (Wildman–Crippen LogP) is 4.76. The van der Waals surface area contributed by atoms with Crippen molar-refractivity contribution in [1.29, 1.82) is 0 Å². The summed E-state index contributed by atoms with van der Waals surface area (Å²) < 4.78 is 0. The first-order chi connectivity index (χ1) is 7.42. The van der Waals surface area contributed by atoms with E-state index in [1.807, 2.05) is 0 Å².